The van der Waals surface area contributed by atoms with Crippen LogP contribution in [0.15, 0.2) is 60.8 Å². The second-order valence-corrected chi connectivity index (χ2v) is 6.46. The van der Waals surface area contributed by atoms with E-state index in [-0.39, 0.29) is 0 Å². The van der Waals surface area contributed by atoms with E-state index in [0.717, 1.165) is 23.6 Å². The zero-order valence-corrected chi connectivity index (χ0v) is 15.0. The number of nitrogens with one attached hydrogen (secondary N) is 1. The first kappa shape index (κ1) is 16.4. The predicted octanol–water partition coefficient (Wildman–Crippen LogP) is 4.18. The Labute approximate surface area is 153 Å². The van der Waals surface area contributed by atoms with Crippen LogP contribution < -0.4 is 15.0 Å². The fraction of sp³-hybridized carbons (Fsp3) is 0.238. The van der Waals surface area contributed by atoms with Gasteiger partial charge in [-0.1, -0.05) is 36.4 Å². The highest BCUT2D eigenvalue weighted by Crippen LogP contribution is 2.37. The Morgan fingerprint density at radius 3 is 2.81 bits per heavy atom. The van der Waals surface area contributed by atoms with E-state index in [1.807, 2.05) is 30.3 Å². The number of benzene rings is 2. The van der Waals surface area contributed by atoms with Crippen LogP contribution in [0.3, 0.4) is 0 Å². The van der Waals surface area contributed by atoms with E-state index in [2.05, 4.69) is 46.4 Å². The second-order valence-electron chi connectivity index (χ2n) is 6.46. The summed E-state index contributed by atoms with van der Waals surface area (Å²) in [5.41, 5.74) is 3.67. The second kappa shape index (κ2) is 7.04. The lowest BCUT2D eigenvalue weighted by Gasteiger charge is -2.24. The maximum Gasteiger partial charge on any atom is 0.224 e. The van der Waals surface area contributed by atoms with Crippen molar-refractivity contribution in [2.24, 2.45) is 0 Å². The molecule has 4 rings (SSSR count). The van der Waals surface area contributed by atoms with Gasteiger partial charge in [0.1, 0.15) is 11.6 Å². The highest BCUT2D eigenvalue weighted by atomic mass is 16.5. The maximum absolute atomic E-state index is 5.40. The van der Waals surface area contributed by atoms with Crippen LogP contribution in [0.4, 0.5) is 17.5 Å². The largest absolute Gasteiger partial charge is 0.496 e. The third-order valence-electron chi connectivity index (χ3n) is 4.72. The molecule has 1 aromatic heterocycles. The number of aromatic nitrogens is 2. The average Bonchev–Trinajstić information content (AvgIpc) is 3.02. The van der Waals surface area contributed by atoms with Crippen LogP contribution in [0.25, 0.3) is 0 Å². The quantitative estimate of drug-likeness (QED) is 0.751. The van der Waals surface area contributed by atoms with Gasteiger partial charge < -0.3 is 15.0 Å². The number of hydrogen-bond acceptors (Lipinski definition) is 5. The molecular formula is C21H22N4O. The summed E-state index contributed by atoms with van der Waals surface area (Å²) in [4.78, 5) is 11.4. The topological polar surface area (TPSA) is 50.3 Å². The van der Waals surface area contributed by atoms with Gasteiger partial charge in [-0.25, -0.2) is 4.98 Å². The number of hydrogen-bond donors (Lipinski definition) is 1. The first-order chi connectivity index (χ1) is 12.8. The van der Waals surface area contributed by atoms with Gasteiger partial charge in [-0.15, -0.1) is 0 Å². The van der Waals surface area contributed by atoms with Gasteiger partial charge in [0.15, 0.2) is 0 Å². The molecule has 26 heavy (non-hydrogen) atoms. The average molecular weight is 346 g/mol. The molecular weight excluding hydrogens is 324 g/mol. The van der Waals surface area contributed by atoms with Gasteiger partial charge in [-0.05, 0) is 37.1 Å². The van der Waals surface area contributed by atoms with Gasteiger partial charge in [-0.3, -0.25) is 0 Å². The van der Waals surface area contributed by atoms with Crippen molar-refractivity contribution >= 4 is 17.5 Å². The van der Waals surface area contributed by atoms with E-state index in [4.69, 9.17) is 9.72 Å². The number of fused-ring (bicyclic) bond motifs is 1. The first-order valence-electron chi connectivity index (χ1n) is 8.82. The molecule has 132 valence electrons. The minimum absolute atomic E-state index is 0.379. The number of methoxy groups -OCH3 is 1. The molecule has 3 aromatic rings. The third kappa shape index (κ3) is 3.08. The lowest BCUT2D eigenvalue weighted by Crippen LogP contribution is -2.25. The molecule has 5 heteroatoms. The highest BCUT2D eigenvalue weighted by Gasteiger charge is 2.27. The van der Waals surface area contributed by atoms with E-state index >= 15 is 0 Å². The molecule has 1 aliphatic heterocycles. The minimum Gasteiger partial charge on any atom is -0.496 e. The zero-order chi connectivity index (χ0) is 17.9. The molecule has 1 atom stereocenters. The zero-order valence-electron chi connectivity index (χ0n) is 15.0. The van der Waals surface area contributed by atoms with Gasteiger partial charge >= 0.3 is 0 Å². The number of para-hydroxylation sites is 2. The summed E-state index contributed by atoms with van der Waals surface area (Å²) >= 11 is 0. The molecule has 0 spiro atoms. The fourth-order valence-corrected chi connectivity index (χ4v) is 3.51. The Balaban J connectivity index is 1.56. The number of nitrogens with zero attached hydrogens (tertiary/aromatic N) is 3. The normalized spacial score (nSPS) is 15.6. The number of anilines is 3. The van der Waals surface area contributed by atoms with E-state index in [1.54, 1.807) is 13.3 Å². The highest BCUT2D eigenvalue weighted by molar-refractivity contribution is 5.69. The maximum atomic E-state index is 5.40. The standard InChI is InChI=1S/C21H22N4O/c1-15-13-16-7-3-5-9-18(16)25(15)20-11-12-22-21(24-20)23-14-17-8-4-6-10-19(17)26-2/h3-12,15H,13-14H2,1-2H3,(H,22,23,24). The molecule has 0 saturated heterocycles. The van der Waals surface area contributed by atoms with Crippen LogP contribution in [-0.2, 0) is 13.0 Å². The van der Waals surface area contributed by atoms with Crippen molar-refractivity contribution in [1.29, 1.82) is 0 Å². The molecule has 0 bridgehead atoms. The lowest BCUT2D eigenvalue weighted by atomic mass is 10.1. The molecule has 0 amide bonds. The lowest BCUT2D eigenvalue weighted by molar-refractivity contribution is 0.410. The van der Waals surface area contributed by atoms with E-state index in [0.29, 0.717) is 18.5 Å². The summed E-state index contributed by atoms with van der Waals surface area (Å²) in [6.45, 7) is 2.84. The molecule has 0 saturated carbocycles. The van der Waals surface area contributed by atoms with Crippen molar-refractivity contribution in [1.82, 2.24) is 9.97 Å². The summed E-state index contributed by atoms with van der Waals surface area (Å²) in [6, 6.07) is 18.8. The summed E-state index contributed by atoms with van der Waals surface area (Å²) < 4.78 is 5.40. The Kier molecular flexibility index (Phi) is 4.44. The number of rotatable bonds is 5. The summed E-state index contributed by atoms with van der Waals surface area (Å²) in [5, 5.41) is 3.31. The SMILES string of the molecule is COc1ccccc1CNc1nccc(N2c3ccccc3CC2C)n1. The third-order valence-corrected chi connectivity index (χ3v) is 4.72. The van der Waals surface area contributed by atoms with Crippen molar-refractivity contribution in [3.8, 4) is 5.75 Å². The Morgan fingerprint density at radius 1 is 1.12 bits per heavy atom. The molecule has 1 aliphatic rings. The molecule has 2 heterocycles. The van der Waals surface area contributed by atoms with Crippen LogP contribution in [-0.4, -0.2) is 23.1 Å². The summed E-state index contributed by atoms with van der Waals surface area (Å²) in [6.07, 6.45) is 2.84. The fourth-order valence-electron chi connectivity index (χ4n) is 3.51. The molecule has 5 nitrogen and oxygen atoms in total. The van der Waals surface area contributed by atoms with Gasteiger partial charge in [0, 0.05) is 30.0 Å². The molecule has 0 radical (unpaired) electrons. The van der Waals surface area contributed by atoms with E-state index in [9.17, 15) is 0 Å². The van der Waals surface area contributed by atoms with Gasteiger partial charge in [0.05, 0.1) is 7.11 Å². The van der Waals surface area contributed by atoms with Crippen molar-refractivity contribution in [2.75, 3.05) is 17.3 Å². The Bertz CT molecular complexity index is 912. The van der Waals surface area contributed by atoms with Crippen molar-refractivity contribution < 1.29 is 4.74 Å². The first-order valence-corrected chi connectivity index (χ1v) is 8.82. The summed E-state index contributed by atoms with van der Waals surface area (Å²) in [7, 11) is 1.68. The van der Waals surface area contributed by atoms with Gasteiger partial charge in [-0.2, -0.15) is 4.98 Å². The predicted molar refractivity (Wildman–Crippen MR) is 104 cm³/mol. The number of ether oxygens (including phenoxy) is 1. The summed E-state index contributed by atoms with van der Waals surface area (Å²) in [5.74, 6) is 2.39. The van der Waals surface area contributed by atoms with Crippen LogP contribution in [0.1, 0.15) is 18.1 Å². The minimum atomic E-state index is 0.379. The molecule has 0 aliphatic carbocycles. The van der Waals surface area contributed by atoms with Crippen LogP contribution in [0, 0.1) is 0 Å². The van der Waals surface area contributed by atoms with Crippen molar-refractivity contribution in [3.63, 3.8) is 0 Å². The van der Waals surface area contributed by atoms with Crippen molar-refractivity contribution in [2.45, 2.75) is 25.9 Å². The Hall–Kier alpha value is -3.08. The Morgan fingerprint density at radius 2 is 1.92 bits per heavy atom. The van der Waals surface area contributed by atoms with E-state index in [1.165, 1.54) is 11.3 Å². The van der Waals surface area contributed by atoms with Crippen LogP contribution in [0.2, 0.25) is 0 Å². The molecule has 1 N–H and O–H groups in total. The molecule has 1 unspecified atom stereocenters. The van der Waals surface area contributed by atoms with E-state index < -0.39 is 0 Å². The smallest absolute Gasteiger partial charge is 0.224 e. The van der Waals surface area contributed by atoms with Crippen LogP contribution in [0.5, 0.6) is 5.75 Å². The van der Waals surface area contributed by atoms with Gasteiger partial charge in [0.25, 0.3) is 0 Å². The van der Waals surface area contributed by atoms with Crippen LogP contribution >= 0.6 is 0 Å². The van der Waals surface area contributed by atoms with Crippen molar-refractivity contribution in [3.05, 3.63) is 71.9 Å². The monoisotopic (exact) mass is 346 g/mol. The molecule has 2 aromatic carbocycles. The van der Waals surface area contributed by atoms with Gasteiger partial charge in [0.2, 0.25) is 5.95 Å². The molecule has 0 fully saturated rings.